The molecule has 0 spiro atoms. The zero-order valence-electron chi connectivity index (χ0n) is 9.35. The molecule has 0 aliphatic heterocycles. The predicted molar refractivity (Wildman–Crippen MR) is 55.1 cm³/mol. The number of hydrogen-bond acceptors (Lipinski definition) is 0. The van der Waals surface area contributed by atoms with E-state index in [4.69, 9.17) is 0 Å². The fourth-order valence-corrected chi connectivity index (χ4v) is 2.69. The lowest BCUT2D eigenvalue weighted by molar-refractivity contribution is -0.0345. The van der Waals surface area contributed by atoms with Gasteiger partial charge in [0.1, 0.15) is 0 Å². The van der Waals surface area contributed by atoms with Gasteiger partial charge in [-0.25, -0.2) is 0 Å². The van der Waals surface area contributed by atoms with Crippen LogP contribution in [0.4, 0.5) is 0 Å². The van der Waals surface area contributed by atoms with Gasteiger partial charge in [-0.1, -0.05) is 41.0 Å². The monoisotopic (exact) mass is 168 g/mol. The molecule has 12 heavy (non-hydrogen) atoms. The van der Waals surface area contributed by atoms with Crippen LogP contribution >= 0.6 is 0 Å². The van der Waals surface area contributed by atoms with E-state index < -0.39 is 0 Å². The Morgan fingerprint density at radius 3 is 2.17 bits per heavy atom. The first-order chi connectivity index (χ1) is 5.50. The number of hydrogen-bond donors (Lipinski definition) is 0. The second-order valence-corrected chi connectivity index (χ2v) is 5.26. The lowest BCUT2D eigenvalue weighted by Gasteiger charge is -2.53. The van der Waals surface area contributed by atoms with Crippen molar-refractivity contribution in [3.63, 3.8) is 0 Å². The summed E-state index contributed by atoms with van der Waals surface area (Å²) in [5.74, 6) is 2.84. The molecule has 0 aromatic rings. The third-order valence-corrected chi connectivity index (χ3v) is 4.44. The highest BCUT2D eigenvalue weighted by atomic mass is 14.5. The summed E-state index contributed by atoms with van der Waals surface area (Å²) in [4.78, 5) is 0. The second-order valence-electron chi connectivity index (χ2n) is 5.26. The van der Waals surface area contributed by atoms with Crippen molar-refractivity contribution in [2.24, 2.45) is 23.2 Å². The molecule has 0 heterocycles. The lowest BCUT2D eigenvalue weighted by atomic mass is 9.52. The average molecular weight is 168 g/mol. The van der Waals surface area contributed by atoms with Gasteiger partial charge in [0.15, 0.2) is 0 Å². The Hall–Kier alpha value is 0. The van der Waals surface area contributed by atoms with Crippen LogP contribution in [0, 0.1) is 23.2 Å². The van der Waals surface area contributed by atoms with E-state index in [9.17, 15) is 0 Å². The van der Waals surface area contributed by atoms with E-state index in [0.717, 1.165) is 17.8 Å². The van der Waals surface area contributed by atoms with Crippen LogP contribution in [0.1, 0.15) is 53.9 Å². The summed E-state index contributed by atoms with van der Waals surface area (Å²) in [7, 11) is 0. The van der Waals surface area contributed by atoms with Gasteiger partial charge < -0.3 is 0 Å². The first kappa shape index (κ1) is 10.1. The van der Waals surface area contributed by atoms with Crippen molar-refractivity contribution >= 4 is 0 Å². The summed E-state index contributed by atoms with van der Waals surface area (Å²) in [6, 6.07) is 0. The maximum atomic E-state index is 2.48. The molecule has 3 unspecified atom stereocenters. The normalized spacial score (nSPS) is 43.8. The van der Waals surface area contributed by atoms with Gasteiger partial charge in [-0.05, 0) is 36.0 Å². The van der Waals surface area contributed by atoms with Crippen LogP contribution in [0.5, 0.6) is 0 Å². The highest BCUT2D eigenvalue weighted by Crippen LogP contribution is 2.54. The average Bonchev–Trinajstić information content (AvgIpc) is 2.04. The predicted octanol–water partition coefficient (Wildman–Crippen LogP) is 4.10. The summed E-state index contributed by atoms with van der Waals surface area (Å²) < 4.78 is 0. The number of rotatable bonds is 3. The first-order valence-corrected chi connectivity index (χ1v) is 5.50. The Morgan fingerprint density at radius 2 is 1.83 bits per heavy atom. The summed E-state index contributed by atoms with van der Waals surface area (Å²) in [5.41, 5.74) is 0.662. The van der Waals surface area contributed by atoms with E-state index in [2.05, 4.69) is 34.6 Å². The second kappa shape index (κ2) is 3.40. The van der Waals surface area contributed by atoms with E-state index in [1.807, 2.05) is 0 Å². The van der Waals surface area contributed by atoms with Crippen LogP contribution in [-0.4, -0.2) is 0 Å². The Bertz CT molecular complexity index is 140. The van der Waals surface area contributed by atoms with Crippen molar-refractivity contribution in [3.8, 4) is 0 Å². The van der Waals surface area contributed by atoms with Gasteiger partial charge in [-0.3, -0.25) is 0 Å². The van der Waals surface area contributed by atoms with Crippen molar-refractivity contribution in [2.45, 2.75) is 53.9 Å². The molecule has 0 aromatic heterocycles. The Balaban J connectivity index is 2.48. The molecule has 0 saturated heterocycles. The molecule has 0 nitrogen and oxygen atoms in total. The van der Waals surface area contributed by atoms with Crippen molar-refractivity contribution in [2.75, 3.05) is 0 Å². The van der Waals surface area contributed by atoms with Gasteiger partial charge in [0.2, 0.25) is 0 Å². The summed E-state index contributed by atoms with van der Waals surface area (Å²) in [6.45, 7) is 12.0. The molecule has 72 valence electrons. The molecular weight excluding hydrogens is 144 g/mol. The SMILES string of the molecule is CCC(C)CC1(C)C(C)CC1C. The molecule has 1 aliphatic carbocycles. The van der Waals surface area contributed by atoms with E-state index in [1.165, 1.54) is 19.3 Å². The van der Waals surface area contributed by atoms with Crippen LogP contribution in [0.15, 0.2) is 0 Å². The summed E-state index contributed by atoms with van der Waals surface area (Å²) in [6.07, 6.45) is 4.23. The van der Waals surface area contributed by atoms with Crippen LogP contribution in [0.2, 0.25) is 0 Å². The minimum absolute atomic E-state index is 0.662. The zero-order chi connectivity index (χ0) is 9.35. The minimum atomic E-state index is 0.662. The van der Waals surface area contributed by atoms with E-state index in [1.54, 1.807) is 0 Å². The largest absolute Gasteiger partial charge is 0.0651 e. The van der Waals surface area contributed by atoms with E-state index in [0.29, 0.717) is 5.41 Å². The van der Waals surface area contributed by atoms with Crippen molar-refractivity contribution in [1.82, 2.24) is 0 Å². The van der Waals surface area contributed by atoms with Crippen LogP contribution in [-0.2, 0) is 0 Å². The van der Waals surface area contributed by atoms with Crippen molar-refractivity contribution in [1.29, 1.82) is 0 Å². The highest BCUT2D eigenvalue weighted by molar-refractivity contribution is 4.95. The summed E-state index contributed by atoms with van der Waals surface area (Å²) in [5, 5.41) is 0. The zero-order valence-corrected chi connectivity index (χ0v) is 9.35. The minimum Gasteiger partial charge on any atom is -0.0651 e. The topological polar surface area (TPSA) is 0 Å². The molecule has 0 N–H and O–H groups in total. The maximum absolute atomic E-state index is 2.48. The molecule has 0 heteroatoms. The van der Waals surface area contributed by atoms with Gasteiger partial charge in [-0.2, -0.15) is 0 Å². The van der Waals surface area contributed by atoms with E-state index in [-0.39, 0.29) is 0 Å². The van der Waals surface area contributed by atoms with Crippen LogP contribution < -0.4 is 0 Å². The molecular formula is C12H24. The third kappa shape index (κ3) is 1.53. The van der Waals surface area contributed by atoms with Crippen molar-refractivity contribution < 1.29 is 0 Å². The summed E-state index contributed by atoms with van der Waals surface area (Å²) >= 11 is 0. The third-order valence-electron chi connectivity index (χ3n) is 4.44. The highest BCUT2D eigenvalue weighted by Gasteiger charge is 2.46. The molecule has 1 rings (SSSR count). The lowest BCUT2D eigenvalue weighted by Crippen LogP contribution is -2.44. The molecule has 0 radical (unpaired) electrons. The fraction of sp³-hybridized carbons (Fsp3) is 1.00. The van der Waals surface area contributed by atoms with Crippen LogP contribution in [0.25, 0.3) is 0 Å². The first-order valence-electron chi connectivity index (χ1n) is 5.50. The van der Waals surface area contributed by atoms with Gasteiger partial charge in [-0.15, -0.1) is 0 Å². The molecule has 0 aromatic carbocycles. The van der Waals surface area contributed by atoms with Gasteiger partial charge in [0.25, 0.3) is 0 Å². The van der Waals surface area contributed by atoms with Gasteiger partial charge >= 0.3 is 0 Å². The Kier molecular flexibility index (Phi) is 2.85. The standard InChI is InChI=1S/C12H24/c1-6-9(2)8-12(5)10(3)7-11(12)4/h9-11H,6-8H2,1-5H3. The van der Waals surface area contributed by atoms with Gasteiger partial charge in [0, 0.05) is 0 Å². The molecule has 1 saturated carbocycles. The molecule has 1 aliphatic rings. The maximum Gasteiger partial charge on any atom is -0.0272 e. The fourth-order valence-electron chi connectivity index (χ4n) is 2.69. The van der Waals surface area contributed by atoms with E-state index >= 15 is 0 Å². The molecule has 0 bridgehead atoms. The van der Waals surface area contributed by atoms with Crippen LogP contribution in [0.3, 0.4) is 0 Å². The molecule has 3 atom stereocenters. The smallest absolute Gasteiger partial charge is 0.0272 e. The Morgan fingerprint density at radius 1 is 1.33 bits per heavy atom. The molecule has 0 amide bonds. The Labute approximate surface area is 77.7 Å². The van der Waals surface area contributed by atoms with Gasteiger partial charge in [0.05, 0.1) is 0 Å². The van der Waals surface area contributed by atoms with Crippen molar-refractivity contribution in [3.05, 3.63) is 0 Å². The molecule has 1 fully saturated rings. The quantitative estimate of drug-likeness (QED) is 0.595.